The summed E-state index contributed by atoms with van der Waals surface area (Å²) >= 11 is 0. The lowest BCUT2D eigenvalue weighted by molar-refractivity contribution is -0.112. The van der Waals surface area contributed by atoms with Gasteiger partial charge in [-0.15, -0.1) is 0 Å². The van der Waals surface area contributed by atoms with E-state index in [9.17, 15) is 4.79 Å². The second-order valence-corrected chi connectivity index (χ2v) is 2.92. The van der Waals surface area contributed by atoms with Crippen molar-refractivity contribution in [3.05, 3.63) is 30.0 Å². The van der Waals surface area contributed by atoms with Crippen LogP contribution in [-0.4, -0.2) is 13.0 Å². The van der Waals surface area contributed by atoms with Crippen LogP contribution in [0, 0.1) is 0 Å². The highest BCUT2D eigenvalue weighted by Crippen LogP contribution is 2.32. The van der Waals surface area contributed by atoms with Crippen molar-refractivity contribution in [3.63, 3.8) is 0 Å². The van der Waals surface area contributed by atoms with Crippen LogP contribution in [0.2, 0.25) is 0 Å². The molecule has 0 spiro atoms. The normalized spacial score (nSPS) is 12.8. The molecule has 0 saturated carbocycles. The molecule has 0 aliphatic carbocycles. The lowest BCUT2D eigenvalue weighted by Gasteiger charge is -2.03. The van der Waals surface area contributed by atoms with Crippen LogP contribution in [0.4, 0.5) is 5.69 Å². The molecule has 0 bridgehead atoms. The summed E-state index contributed by atoms with van der Waals surface area (Å²) in [5, 5.41) is 4.06. The van der Waals surface area contributed by atoms with E-state index in [1.54, 1.807) is 25.3 Å². The number of fused-ring (bicyclic) bond motifs is 1. The number of methoxy groups -OCH3 is 1. The molecule has 1 aromatic rings. The highest BCUT2D eigenvalue weighted by Gasteiger charge is 2.19. The van der Waals surface area contributed by atoms with Crippen LogP contribution in [-0.2, 0) is 4.79 Å². The van der Waals surface area contributed by atoms with E-state index < -0.39 is 5.91 Å². The average Bonchev–Trinajstić information content (AvgIpc) is 2.59. The molecule has 1 heterocycles. The van der Waals surface area contributed by atoms with Gasteiger partial charge in [0.1, 0.15) is 5.75 Å². The molecule has 0 unspecified atom stereocenters. The van der Waals surface area contributed by atoms with Gasteiger partial charge in [0.05, 0.1) is 18.4 Å². The van der Waals surface area contributed by atoms with Gasteiger partial charge in [-0.25, -0.2) is 0 Å². The van der Waals surface area contributed by atoms with Gasteiger partial charge < -0.3 is 10.5 Å². The Kier molecular flexibility index (Phi) is 1.89. The van der Waals surface area contributed by atoms with E-state index in [-0.39, 0.29) is 0 Å². The highest BCUT2D eigenvalue weighted by molar-refractivity contribution is 6.21. The van der Waals surface area contributed by atoms with Crippen LogP contribution < -0.4 is 15.8 Å². The van der Waals surface area contributed by atoms with Crippen LogP contribution in [0.15, 0.2) is 24.4 Å². The zero-order valence-electron chi connectivity index (χ0n) is 7.65. The van der Waals surface area contributed by atoms with Crippen molar-refractivity contribution in [3.8, 4) is 5.75 Å². The molecular formula is C10H9N2O2. The molecule has 0 atom stereocenters. The number of ether oxygens (including phenoxy) is 1. The summed E-state index contributed by atoms with van der Waals surface area (Å²) in [6.07, 6.45) is 1.48. The van der Waals surface area contributed by atoms with Crippen LogP contribution in [0.25, 0.3) is 5.57 Å². The van der Waals surface area contributed by atoms with E-state index in [2.05, 4.69) is 5.32 Å². The fraction of sp³-hybridized carbons (Fsp3) is 0.100. The summed E-state index contributed by atoms with van der Waals surface area (Å²) in [5.41, 5.74) is 7.11. The minimum atomic E-state index is -0.472. The van der Waals surface area contributed by atoms with Crippen molar-refractivity contribution in [2.75, 3.05) is 7.11 Å². The predicted octanol–water partition coefficient (Wildman–Crippen LogP) is 0.771. The first kappa shape index (κ1) is 8.62. The van der Waals surface area contributed by atoms with Gasteiger partial charge in [0.2, 0.25) is 0 Å². The van der Waals surface area contributed by atoms with Gasteiger partial charge in [-0.3, -0.25) is 10.1 Å². The Bertz CT molecular complexity index is 424. The SMILES string of the molecule is COc1ccc2c(c1)C(C(N)=O)=C[N]2. The fourth-order valence-corrected chi connectivity index (χ4v) is 1.37. The van der Waals surface area contributed by atoms with Gasteiger partial charge in [0, 0.05) is 11.8 Å². The summed E-state index contributed by atoms with van der Waals surface area (Å²) in [6.45, 7) is 0. The summed E-state index contributed by atoms with van der Waals surface area (Å²) < 4.78 is 5.05. The van der Waals surface area contributed by atoms with E-state index in [1.165, 1.54) is 6.20 Å². The number of carbonyl (C=O) groups excluding carboxylic acids is 1. The smallest absolute Gasteiger partial charge is 0.250 e. The fourth-order valence-electron chi connectivity index (χ4n) is 1.37. The van der Waals surface area contributed by atoms with E-state index >= 15 is 0 Å². The van der Waals surface area contributed by atoms with Crippen molar-refractivity contribution in [1.82, 2.24) is 5.32 Å². The van der Waals surface area contributed by atoms with Crippen molar-refractivity contribution in [2.24, 2.45) is 5.73 Å². The third-order valence-corrected chi connectivity index (χ3v) is 2.09. The number of nitrogens with two attached hydrogens (primary N) is 1. The lowest BCUT2D eigenvalue weighted by Crippen LogP contribution is -2.11. The van der Waals surface area contributed by atoms with E-state index in [1.807, 2.05) is 0 Å². The first-order valence-electron chi connectivity index (χ1n) is 4.11. The predicted molar refractivity (Wildman–Crippen MR) is 52.0 cm³/mol. The molecule has 1 aromatic carbocycles. The molecule has 71 valence electrons. The maximum absolute atomic E-state index is 11.0. The number of benzene rings is 1. The molecule has 1 aliphatic heterocycles. The summed E-state index contributed by atoms with van der Waals surface area (Å²) in [4.78, 5) is 11.0. The summed E-state index contributed by atoms with van der Waals surface area (Å²) in [5.74, 6) is 0.216. The molecule has 1 radical (unpaired) electrons. The number of amides is 1. The van der Waals surface area contributed by atoms with Crippen molar-refractivity contribution >= 4 is 17.2 Å². The summed E-state index contributed by atoms with van der Waals surface area (Å²) in [6, 6.07) is 5.34. The van der Waals surface area contributed by atoms with Crippen LogP contribution in [0.1, 0.15) is 5.56 Å². The zero-order valence-corrected chi connectivity index (χ0v) is 7.65. The first-order chi connectivity index (χ1) is 6.72. The van der Waals surface area contributed by atoms with Crippen molar-refractivity contribution < 1.29 is 9.53 Å². The molecular weight excluding hydrogens is 180 g/mol. The van der Waals surface area contributed by atoms with Gasteiger partial charge in [-0.2, -0.15) is 0 Å². The minimum Gasteiger partial charge on any atom is -0.497 e. The van der Waals surface area contributed by atoms with Gasteiger partial charge in [-0.1, -0.05) is 0 Å². The van der Waals surface area contributed by atoms with Gasteiger partial charge >= 0.3 is 0 Å². The number of hydrogen-bond donors (Lipinski definition) is 1. The number of hydrogen-bond acceptors (Lipinski definition) is 2. The highest BCUT2D eigenvalue weighted by atomic mass is 16.5. The second-order valence-electron chi connectivity index (χ2n) is 2.92. The van der Waals surface area contributed by atoms with E-state index in [0.717, 1.165) is 11.3 Å². The Morgan fingerprint density at radius 3 is 2.93 bits per heavy atom. The standard InChI is InChI=1S/C10H9N2O2/c1-14-6-2-3-9-7(4-6)8(5-12-9)10(11)13/h2-5H,1H3,(H2,11,13). The molecule has 0 aromatic heterocycles. The third kappa shape index (κ3) is 1.21. The molecule has 14 heavy (non-hydrogen) atoms. The van der Waals surface area contributed by atoms with Gasteiger partial charge in [0.25, 0.3) is 5.91 Å². The van der Waals surface area contributed by atoms with Crippen LogP contribution in [0.3, 0.4) is 0 Å². The first-order valence-corrected chi connectivity index (χ1v) is 4.11. The molecule has 0 fully saturated rings. The van der Waals surface area contributed by atoms with E-state index in [0.29, 0.717) is 11.3 Å². The molecule has 4 nitrogen and oxygen atoms in total. The number of carbonyl (C=O) groups is 1. The molecule has 0 saturated heterocycles. The minimum absolute atomic E-state index is 0.430. The largest absolute Gasteiger partial charge is 0.497 e. The Labute approximate surface area is 81.4 Å². The maximum atomic E-state index is 11.0. The van der Waals surface area contributed by atoms with Crippen molar-refractivity contribution in [2.45, 2.75) is 0 Å². The number of nitrogens with zero attached hydrogens (tertiary/aromatic N) is 1. The Morgan fingerprint density at radius 1 is 1.50 bits per heavy atom. The maximum Gasteiger partial charge on any atom is 0.250 e. The third-order valence-electron chi connectivity index (χ3n) is 2.09. The number of rotatable bonds is 2. The molecule has 1 aliphatic rings. The summed E-state index contributed by atoms with van der Waals surface area (Å²) in [7, 11) is 1.57. The van der Waals surface area contributed by atoms with Crippen LogP contribution in [0.5, 0.6) is 5.75 Å². The van der Waals surface area contributed by atoms with Gasteiger partial charge in [0.15, 0.2) is 0 Å². The Hall–Kier alpha value is -1.97. The molecule has 1 amide bonds. The molecule has 2 rings (SSSR count). The lowest BCUT2D eigenvalue weighted by atomic mass is 10.1. The van der Waals surface area contributed by atoms with Crippen LogP contribution >= 0.6 is 0 Å². The average molecular weight is 189 g/mol. The monoisotopic (exact) mass is 189 g/mol. The molecule has 4 heteroatoms. The van der Waals surface area contributed by atoms with Crippen molar-refractivity contribution in [1.29, 1.82) is 0 Å². The Balaban J connectivity index is 2.48. The second kappa shape index (κ2) is 3.06. The van der Waals surface area contributed by atoms with Gasteiger partial charge in [-0.05, 0) is 18.2 Å². The topological polar surface area (TPSA) is 66.4 Å². The number of primary amides is 1. The molecule has 2 N–H and O–H groups in total. The quantitative estimate of drug-likeness (QED) is 0.746. The zero-order chi connectivity index (χ0) is 10.1. The van der Waals surface area contributed by atoms with E-state index in [4.69, 9.17) is 10.5 Å². The Morgan fingerprint density at radius 2 is 2.29 bits per heavy atom.